The van der Waals surface area contributed by atoms with E-state index >= 15 is 0 Å². The van der Waals surface area contributed by atoms with Crippen LogP contribution < -0.4 is 20.7 Å². The summed E-state index contributed by atoms with van der Waals surface area (Å²) >= 11 is 1.38. The number of ether oxygens (including phenoxy) is 1. The van der Waals surface area contributed by atoms with Crippen LogP contribution in [0.2, 0.25) is 0 Å². The molecule has 0 unspecified atom stereocenters. The predicted octanol–water partition coefficient (Wildman–Crippen LogP) is 2.04. The summed E-state index contributed by atoms with van der Waals surface area (Å²) in [6.45, 7) is 0.693. The molecule has 1 fully saturated rings. The number of carbonyl (C=O) groups is 2. The summed E-state index contributed by atoms with van der Waals surface area (Å²) in [4.78, 5) is 30.0. The van der Waals surface area contributed by atoms with E-state index in [4.69, 9.17) is 10.5 Å². The minimum Gasteiger partial charge on any atom is -0.497 e. The van der Waals surface area contributed by atoms with Crippen molar-refractivity contribution < 1.29 is 14.3 Å². The van der Waals surface area contributed by atoms with Gasteiger partial charge in [-0.05, 0) is 18.6 Å². The zero-order chi connectivity index (χ0) is 17.1. The van der Waals surface area contributed by atoms with Crippen molar-refractivity contribution in [1.29, 1.82) is 0 Å². The van der Waals surface area contributed by atoms with Gasteiger partial charge in [0.15, 0.2) is 5.13 Å². The second-order valence-electron chi connectivity index (χ2n) is 5.45. The molecule has 2 amide bonds. The van der Waals surface area contributed by atoms with Crippen LogP contribution in [0.5, 0.6) is 5.75 Å². The molecule has 0 radical (unpaired) electrons. The highest BCUT2D eigenvalue weighted by Gasteiger charge is 2.24. The molecule has 2 heterocycles. The fourth-order valence-electron chi connectivity index (χ4n) is 2.48. The number of nitrogens with one attached hydrogen (secondary N) is 1. The molecule has 0 aliphatic carbocycles. The molecule has 1 aliphatic heterocycles. The molecule has 1 aromatic heterocycles. The smallest absolute Gasteiger partial charge is 0.230 e. The molecule has 2 aromatic rings. The van der Waals surface area contributed by atoms with E-state index in [1.165, 1.54) is 11.3 Å². The number of benzene rings is 1. The lowest BCUT2D eigenvalue weighted by Crippen LogP contribution is -2.23. The first-order valence-corrected chi connectivity index (χ1v) is 8.43. The Morgan fingerprint density at radius 2 is 2.33 bits per heavy atom. The van der Waals surface area contributed by atoms with Gasteiger partial charge >= 0.3 is 0 Å². The molecule has 3 rings (SSSR count). The molecule has 24 heavy (non-hydrogen) atoms. The second-order valence-corrected chi connectivity index (χ2v) is 6.29. The van der Waals surface area contributed by atoms with E-state index in [0.717, 1.165) is 6.42 Å². The highest BCUT2D eigenvalue weighted by atomic mass is 32.1. The molecule has 1 aromatic carbocycles. The summed E-state index contributed by atoms with van der Waals surface area (Å²) in [5, 5.41) is 5.22. The van der Waals surface area contributed by atoms with E-state index in [0.29, 0.717) is 40.9 Å². The lowest BCUT2D eigenvalue weighted by molar-refractivity contribution is -0.117. The first-order valence-electron chi connectivity index (χ1n) is 7.55. The van der Waals surface area contributed by atoms with Crippen LogP contribution in [-0.4, -0.2) is 30.5 Å². The third kappa shape index (κ3) is 3.48. The van der Waals surface area contributed by atoms with Crippen molar-refractivity contribution in [1.82, 2.24) is 4.98 Å². The maximum absolute atomic E-state index is 12.2. The highest BCUT2D eigenvalue weighted by Crippen LogP contribution is 2.27. The first-order chi connectivity index (χ1) is 11.6. The van der Waals surface area contributed by atoms with Gasteiger partial charge in [0.25, 0.3) is 0 Å². The van der Waals surface area contributed by atoms with Gasteiger partial charge in [-0.2, -0.15) is 0 Å². The van der Waals surface area contributed by atoms with Crippen LogP contribution in [0.3, 0.4) is 0 Å². The monoisotopic (exact) mass is 346 g/mol. The largest absolute Gasteiger partial charge is 0.497 e. The third-order valence-corrected chi connectivity index (χ3v) is 4.63. The van der Waals surface area contributed by atoms with E-state index in [1.54, 1.807) is 35.6 Å². The van der Waals surface area contributed by atoms with Gasteiger partial charge in [-0.15, -0.1) is 11.3 Å². The minimum atomic E-state index is -0.223. The number of rotatable bonds is 5. The summed E-state index contributed by atoms with van der Waals surface area (Å²) in [6.07, 6.45) is 1.53. The number of anilines is 3. The Labute approximate surface area is 143 Å². The maximum atomic E-state index is 12.2. The van der Waals surface area contributed by atoms with Gasteiger partial charge in [-0.3, -0.25) is 14.5 Å². The Morgan fingerprint density at radius 3 is 3.04 bits per heavy atom. The van der Waals surface area contributed by atoms with E-state index in [-0.39, 0.29) is 18.2 Å². The van der Waals surface area contributed by atoms with E-state index < -0.39 is 0 Å². The molecule has 8 heteroatoms. The van der Waals surface area contributed by atoms with Crippen molar-refractivity contribution in [3.05, 3.63) is 29.3 Å². The normalized spacial score (nSPS) is 14.0. The average molecular weight is 346 g/mol. The number of aromatic nitrogens is 1. The number of hydrogen-bond acceptors (Lipinski definition) is 6. The summed E-state index contributed by atoms with van der Waals surface area (Å²) in [6, 6.07) is 5.07. The maximum Gasteiger partial charge on any atom is 0.230 e. The van der Waals surface area contributed by atoms with Crippen LogP contribution in [0.4, 0.5) is 16.5 Å². The fraction of sp³-hybridized carbons (Fsp3) is 0.312. The molecule has 126 valence electrons. The van der Waals surface area contributed by atoms with Crippen LogP contribution in [0.1, 0.15) is 18.5 Å². The molecule has 1 aliphatic rings. The Kier molecular flexibility index (Phi) is 4.66. The third-order valence-electron chi connectivity index (χ3n) is 3.72. The highest BCUT2D eigenvalue weighted by molar-refractivity contribution is 7.14. The molecular formula is C16H18N4O3S. The quantitative estimate of drug-likeness (QED) is 0.808. The molecule has 0 spiro atoms. The molecular weight excluding hydrogens is 328 g/mol. The van der Waals surface area contributed by atoms with Crippen molar-refractivity contribution in [3.63, 3.8) is 0 Å². The standard InChI is InChI=1S/C16H18N4O3S/c1-23-11-4-5-12(17)13(8-11)19-14(21)7-10-9-24-16(18-10)20-6-2-3-15(20)22/h4-5,8-9H,2-3,6-7,17H2,1H3,(H,19,21). The van der Waals surface area contributed by atoms with Crippen molar-refractivity contribution in [2.45, 2.75) is 19.3 Å². The zero-order valence-corrected chi connectivity index (χ0v) is 14.1. The van der Waals surface area contributed by atoms with Gasteiger partial charge in [-0.25, -0.2) is 4.98 Å². The van der Waals surface area contributed by atoms with Gasteiger partial charge in [-0.1, -0.05) is 0 Å². The van der Waals surface area contributed by atoms with Gasteiger partial charge < -0.3 is 15.8 Å². The summed E-state index contributed by atoms with van der Waals surface area (Å²) < 4.78 is 5.13. The second kappa shape index (κ2) is 6.88. The van der Waals surface area contributed by atoms with Crippen molar-refractivity contribution >= 4 is 39.7 Å². The number of methoxy groups -OCH3 is 1. The van der Waals surface area contributed by atoms with Gasteiger partial charge in [0.2, 0.25) is 11.8 Å². The lowest BCUT2D eigenvalue weighted by Gasteiger charge is -2.10. The average Bonchev–Trinajstić information content (AvgIpc) is 3.18. The van der Waals surface area contributed by atoms with E-state index in [9.17, 15) is 9.59 Å². The molecule has 3 N–H and O–H groups in total. The number of nitrogens with zero attached hydrogens (tertiary/aromatic N) is 2. The lowest BCUT2D eigenvalue weighted by atomic mass is 10.2. The number of carbonyl (C=O) groups excluding carboxylic acids is 2. The number of nitrogen functional groups attached to an aromatic ring is 1. The number of hydrogen-bond donors (Lipinski definition) is 2. The molecule has 0 atom stereocenters. The van der Waals surface area contributed by atoms with Crippen molar-refractivity contribution in [2.75, 3.05) is 29.6 Å². The molecule has 0 bridgehead atoms. The summed E-state index contributed by atoms with van der Waals surface area (Å²) in [5.74, 6) is 0.479. The number of nitrogens with two attached hydrogens (primary N) is 1. The molecule has 7 nitrogen and oxygen atoms in total. The number of amides is 2. The zero-order valence-electron chi connectivity index (χ0n) is 13.2. The van der Waals surface area contributed by atoms with Gasteiger partial charge in [0.05, 0.1) is 30.6 Å². The van der Waals surface area contributed by atoms with Crippen LogP contribution in [0.15, 0.2) is 23.6 Å². The van der Waals surface area contributed by atoms with E-state index in [1.807, 2.05) is 0 Å². The number of thiazole rings is 1. The Morgan fingerprint density at radius 1 is 1.50 bits per heavy atom. The summed E-state index contributed by atoms with van der Waals surface area (Å²) in [7, 11) is 1.55. The Hall–Kier alpha value is -2.61. The van der Waals surface area contributed by atoms with E-state index in [2.05, 4.69) is 10.3 Å². The fourth-order valence-corrected chi connectivity index (χ4v) is 3.35. The first kappa shape index (κ1) is 16.3. The Bertz CT molecular complexity index is 774. The van der Waals surface area contributed by atoms with Gasteiger partial charge in [0.1, 0.15) is 5.75 Å². The SMILES string of the molecule is COc1ccc(N)c(NC(=O)Cc2csc(N3CCCC3=O)n2)c1. The summed E-state index contributed by atoms with van der Waals surface area (Å²) in [5.41, 5.74) is 7.46. The topological polar surface area (TPSA) is 97.5 Å². The minimum absolute atomic E-state index is 0.0875. The predicted molar refractivity (Wildman–Crippen MR) is 93.4 cm³/mol. The van der Waals surface area contributed by atoms with Crippen LogP contribution in [-0.2, 0) is 16.0 Å². The van der Waals surface area contributed by atoms with Crippen LogP contribution >= 0.6 is 11.3 Å². The van der Waals surface area contributed by atoms with Crippen LogP contribution in [0.25, 0.3) is 0 Å². The van der Waals surface area contributed by atoms with Gasteiger partial charge in [0, 0.05) is 24.4 Å². The molecule has 0 saturated carbocycles. The Balaban J connectivity index is 1.65. The van der Waals surface area contributed by atoms with Crippen molar-refractivity contribution in [2.24, 2.45) is 0 Å². The molecule has 1 saturated heterocycles. The van der Waals surface area contributed by atoms with Crippen molar-refractivity contribution in [3.8, 4) is 5.75 Å². The van der Waals surface area contributed by atoms with Crippen LogP contribution in [0, 0.1) is 0 Å².